The third-order valence-corrected chi connectivity index (χ3v) is 7.99. The number of carbonyl (C=O) groups is 2. The summed E-state index contributed by atoms with van der Waals surface area (Å²) in [7, 11) is 0. The molecule has 1 aromatic heterocycles. The van der Waals surface area contributed by atoms with E-state index in [9.17, 15) is 28.6 Å². The highest BCUT2D eigenvalue weighted by molar-refractivity contribution is 8.17. The fourth-order valence-corrected chi connectivity index (χ4v) is 5.72. The molecule has 0 aliphatic carbocycles. The molecule has 1 atom stereocenters. The summed E-state index contributed by atoms with van der Waals surface area (Å²) in [4.78, 5) is 25.8. The number of aromatic nitrogens is 2. The Balaban J connectivity index is 1.38. The Labute approximate surface area is 237 Å². The monoisotopic (exact) mass is 583 g/mol. The smallest absolute Gasteiger partial charge is 0.336 e. The summed E-state index contributed by atoms with van der Waals surface area (Å²) in [5.41, 5.74) is 2.21. The summed E-state index contributed by atoms with van der Waals surface area (Å²) in [6, 6.07) is 16.2. The summed E-state index contributed by atoms with van der Waals surface area (Å²) >= 11 is 6.88. The Bertz CT molecular complexity index is 1660. The van der Waals surface area contributed by atoms with Crippen LogP contribution in [0.3, 0.4) is 0 Å². The minimum Gasteiger partial charge on any atom is -0.478 e. The highest BCUT2D eigenvalue weighted by atomic mass is 35.5. The van der Waals surface area contributed by atoms with Gasteiger partial charge < -0.3 is 10.2 Å². The van der Waals surface area contributed by atoms with Crippen LogP contribution in [0, 0.1) is 0 Å². The molecule has 1 aliphatic heterocycles. The molecule has 1 unspecified atom stereocenters. The molecular formula is C29H24ClF2N3O4S. The highest BCUT2D eigenvalue weighted by Gasteiger charge is 2.36. The fraction of sp³-hybridized carbons (Fsp3) is 0.207. The van der Waals surface area contributed by atoms with Gasteiger partial charge in [-0.15, -0.1) is 0 Å². The molecule has 1 amide bonds. The van der Waals surface area contributed by atoms with Crippen LogP contribution in [0.5, 0.6) is 0 Å². The molecule has 2 heterocycles. The van der Waals surface area contributed by atoms with E-state index in [-0.39, 0.29) is 35.7 Å². The van der Waals surface area contributed by atoms with E-state index >= 15 is 0 Å². The molecule has 1 fully saturated rings. The number of nitrogens with zero attached hydrogens (tertiary/aromatic N) is 3. The molecular weight excluding hydrogens is 560 g/mol. The van der Waals surface area contributed by atoms with Crippen LogP contribution in [0.15, 0.2) is 71.8 Å². The molecule has 2 N–H and O–H groups in total. The van der Waals surface area contributed by atoms with Gasteiger partial charge in [-0.2, -0.15) is 5.10 Å². The van der Waals surface area contributed by atoms with Crippen molar-refractivity contribution in [1.82, 2.24) is 14.7 Å². The number of benzene rings is 3. The van der Waals surface area contributed by atoms with Crippen molar-refractivity contribution in [2.24, 2.45) is 0 Å². The number of carboxylic acids is 1. The number of amides is 1. The first kappa shape index (κ1) is 27.8. The maximum Gasteiger partial charge on any atom is 0.336 e. The number of carbonyl (C=O) groups excluding carboxylic acids is 1. The molecule has 206 valence electrons. The number of fused-ring (bicyclic) bond motifs is 1. The number of thioether (sulfide) groups is 1. The number of aliphatic hydroxyl groups is 1. The number of hydrogen-bond donors (Lipinski definition) is 2. The van der Waals surface area contributed by atoms with Gasteiger partial charge in [-0.05, 0) is 64.9 Å². The maximum absolute atomic E-state index is 14.6. The summed E-state index contributed by atoms with van der Waals surface area (Å²) in [5, 5.41) is 25.3. The van der Waals surface area contributed by atoms with Gasteiger partial charge in [0.25, 0.3) is 11.2 Å². The van der Waals surface area contributed by atoms with Crippen LogP contribution in [0.1, 0.15) is 46.0 Å². The van der Waals surface area contributed by atoms with E-state index in [1.54, 1.807) is 59.4 Å². The Kier molecular flexibility index (Phi) is 7.67. The lowest BCUT2D eigenvalue weighted by Crippen LogP contribution is -2.32. The molecule has 3 aromatic carbocycles. The molecule has 1 saturated heterocycles. The number of carboxylic acid groups (broad SMARTS) is 1. The second-order valence-electron chi connectivity index (χ2n) is 9.36. The van der Waals surface area contributed by atoms with Crippen molar-refractivity contribution >= 4 is 51.6 Å². The lowest BCUT2D eigenvalue weighted by Gasteiger charge is -2.20. The second kappa shape index (κ2) is 11.0. The van der Waals surface area contributed by atoms with Crippen molar-refractivity contribution in [1.29, 1.82) is 0 Å². The molecule has 11 heteroatoms. The van der Waals surface area contributed by atoms with E-state index in [0.717, 1.165) is 22.7 Å². The SMILES string of the molecule is CCC(F)(F)c1cc(Cl)ccc1Cn1ncc2cc(C=C3SC(=O)N(Cc4ccccc4C(=O)O)C3O)ccc21. The average Bonchev–Trinajstić information content (AvgIpc) is 3.44. The van der Waals surface area contributed by atoms with Crippen molar-refractivity contribution in [2.75, 3.05) is 0 Å². The molecule has 0 spiro atoms. The van der Waals surface area contributed by atoms with Crippen LogP contribution in [-0.4, -0.2) is 42.3 Å². The third kappa shape index (κ3) is 5.47. The van der Waals surface area contributed by atoms with Gasteiger partial charge in [-0.3, -0.25) is 14.4 Å². The highest BCUT2D eigenvalue weighted by Crippen LogP contribution is 2.38. The van der Waals surface area contributed by atoms with Gasteiger partial charge in [0.05, 0.1) is 30.4 Å². The lowest BCUT2D eigenvalue weighted by molar-refractivity contribution is -0.00924. The largest absolute Gasteiger partial charge is 0.478 e. The summed E-state index contributed by atoms with van der Waals surface area (Å²) in [6.45, 7) is 1.50. The van der Waals surface area contributed by atoms with Gasteiger partial charge in [0, 0.05) is 27.3 Å². The Morgan fingerprint density at radius 1 is 1.12 bits per heavy atom. The number of aromatic carboxylic acids is 1. The van der Waals surface area contributed by atoms with Crippen molar-refractivity contribution in [3.8, 4) is 0 Å². The molecule has 0 radical (unpaired) electrons. The minimum atomic E-state index is -3.02. The van der Waals surface area contributed by atoms with Gasteiger partial charge >= 0.3 is 5.97 Å². The first-order chi connectivity index (χ1) is 19.1. The van der Waals surface area contributed by atoms with Gasteiger partial charge in [0.2, 0.25) is 0 Å². The number of hydrogen-bond acceptors (Lipinski definition) is 5. The molecule has 0 bridgehead atoms. The first-order valence-electron chi connectivity index (χ1n) is 12.4. The summed E-state index contributed by atoms with van der Waals surface area (Å²) in [5.74, 6) is -4.14. The van der Waals surface area contributed by atoms with Crippen LogP contribution in [0.25, 0.3) is 17.0 Å². The number of aliphatic hydroxyl groups excluding tert-OH is 1. The number of rotatable bonds is 8. The van der Waals surface area contributed by atoms with Crippen LogP contribution in [-0.2, 0) is 19.0 Å². The van der Waals surface area contributed by atoms with Crippen molar-refractivity contribution < 1.29 is 28.6 Å². The Morgan fingerprint density at radius 3 is 2.65 bits per heavy atom. The standard InChI is InChI=1S/C29H24ClF2N3O4S/c1-2-29(31,32)23-13-21(30)9-8-19(23)16-35-24-10-7-17(11-20(24)14-33-35)12-25-26(36)34(28(39)40-25)15-18-5-3-4-6-22(18)27(37)38/h3-14,26,36H,2,15-16H2,1H3,(H,37,38). The lowest BCUT2D eigenvalue weighted by atomic mass is 9.99. The predicted molar refractivity (Wildman–Crippen MR) is 150 cm³/mol. The molecule has 4 aromatic rings. The first-order valence-corrected chi connectivity index (χ1v) is 13.6. The van der Waals surface area contributed by atoms with E-state index in [1.165, 1.54) is 24.0 Å². The van der Waals surface area contributed by atoms with E-state index < -0.39 is 23.4 Å². The zero-order valence-electron chi connectivity index (χ0n) is 21.2. The van der Waals surface area contributed by atoms with E-state index in [1.807, 2.05) is 6.07 Å². The van der Waals surface area contributed by atoms with E-state index in [2.05, 4.69) is 5.10 Å². The van der Waals surface area contributed by atoms with Gasteiger partial charge in [-0.1, -0.05) is 48.9 Å². The summed E-state index contributed by atoms with van der Waals surface area (Å²) < 4.78 is 30.9. The zero-order chi connectivity index (χ0) is 28.6. The second-order valence-corrected chi connectivity index (χ2v) is 10.8. The Morgan fingerprint density at radius 2 is 1.90 bits per heavy atom. The van der Waals surface area contributed by atoms with Crippen LogP contribution in [0.2, 0.25) is 5.02 Å². The molecule has 40 heavy (non-hydrogen) atoms. The average molecular weight is 584 g/mol. The normalized spacial score (nSPS) is 16.8. The number of alkyl halides is 2. The van der Waals surface area contributed by atoms with Crippen molar-refractivity contribution in [2.45, 2.75) is 38.6 Å². The van der Waals surface area contributed by atoms with E-state index in [0.29, 0.717) is 21.6 Å². The molecule has 7 nitrogen and oxygen atoms in total. The zero-order valence-corrected chi connectivity index (χ0v) is 22.8. The molecule has 0 saturated carbocycles. The quantitative estimate of drug-likeness (QED) is 0.233. The summed E-state index contributed by atoms with van der Waals surface area (Å²) in [6.07, 6.45) is 1.73. The van der Waals surface area contributed by atoms with Crippen LogP contribution in [0.4, 0.5) is 13.6 Å². The maximum atomic E-state index is 14.6. The molecule has 5 rings (SSSR count). The van der Waals surface area contributed by atoms with Gasteiger partial charge in [0.15, 0.2) is 6.23 Å². The third-order valence-electron chi connectivity index (χ3n) is 6.78. The van der Waals surface area contributed by atoms with E-state index in [4.69, 9.17) is 11.6 Å². The number of halogens is 3. The van der Waals surface area contributed by atoms with Crippen LogP contribution >= 0.6 is 23.4 Å². The molecule has 1 aliphatic rings. The Hall–Kier alpha value is -3.73. The van der Waals surface area contributed by atoms with Gasteiger partial charge in [-0.25, -0.2) is 13.6 Å². The predicted octanol–water partition coefficient (Wildman–Crippen LogP) is 6.97. The van der Waals surface area contributed by atoms with Crippen molar-refractivity contribution in [3.63, 3.8) is 0 Å². The van der Waals surface area contributed by atoms with Crippen molar-refractivity contribution in [3.05, 3.63) is 105 Å². The van der Waals surface area contributed by atoms with Crippen LogP contribution < -0.4 is 0 Å². The topological polar surface area (TPSA) is 95.7 Å². The fourth-order valence-electron chi connectivity index (χ4n) is 4.64. The minimum absolute atomic E-state index is 0.0532. The van der Waals surface area contributed by atoms with Gasteiger partial charge in [0.1, 0.15) is 0 Å².